The lowest BCUT2D eigenvalue weighted by Crippen LogP contribution is -2.34. The molecule has 3 aliphatic rings. The van der Waals surface area contributed by atoms with E-state index < -0.39 is 0 Å². The van der Waals surface area contributed by atoms with Crippen molar-refractivity contribution in [1.82, 2.24) is 0 Å². The summed E-state index contributed by atoms with van der Waals surface area (Å²) in [6, 6.07) is 0. The second kappa shape index (κ2) is 11.6. The van der Waals surface area contributed by atoms with E-state index in [1.54, 1.807) is 0 Å². The summed E-state index contributed by atoms with van der Waals surface area (Å²) < 4.78 is 1.40. The van der Waals surface area contributed by atoms with E-state index in [1.807, 2.05) is 23.5 Å². The molecular weight excluding hydrogens is 473 g/mol. The van der Waals surface area contributed by atoms with Gasteiger partial charge in [-0.3, -0.25) is 0 Å². The quantitative estimate of drug-likeness (QED) is 0.331. The first-order valence-corrected chi connectivity index (χ1v) is 16.5. The monoisotopic (exact) mass is 500 g/mol. The molecule has 1 saturated carbocycles. The van der Waals surface area contributed by atoms with Crippen molar-refractivity contribution in [3.63, 3.8) is 0 Å². The fourth-order valence-corrected chi connectivity index (χ4v) is 13.9. The molecule has 0 spiro atoms. The highest BCUT2D eigenvalue weighted by molar-refractivity contribution is 8.24. The lowest BCUT2D eigenvalue weighted by molar-refractivity contribution is 0.272. The van der Waals surface area contributed by atoms with Gasteiger partial charge < -0.3 is 0 Å². The van der Waals surface area contributed by atoms with Crippen molar-refractivity contribution in [2.75, 3.05) is 24.0 Å². The third kappa shape index (κ3) is 5.70. The average molecular weight is 501 g/mol. The molecular formula is C18H28S8. The van der Waals surface area contributed by atoms with Crippen LogP contribution in [-0.4, -0.2) is 43.7 Å². The van der Waals surface area contributed by atoms with Gasteiger partial charge in [0.05, 0.1) is 9.16 Å². The van der Waals surface area contributed by atoms with Gasteiger partial charge in [-0.25, -0.2) is 0 Å². The molecule has 0 aromatic heterocycles. The Bertz CT molecular complexity index is 465. The first-order valence-electron chi connectivity index (χ1n) is 8.99. The second-order valence-electron chi connectivity index (χ2n) is 6.80. The zero-order valence-electron chi connectivity index (χ0n) is 15.2. The largest absolute Gasteiger partial charge is 0.174 e. The highest BCUT2D eigenvalue weighted by Crippen LogP contribution is 2.52. The molecule has 0 aromatic carbocycles. The lowest BCUT2D eigenvalue weighted by atomic mass is 9.79. The van der Waals surface area contributed by atoms with Crippen LogP contribution in [0.5, 0.6) is 0 Å². The van der Waals surface area contributed by atoms with Crippen LogP contribution in [0.4, 0.5) is 0 Å². The molecule has 0 aromatic rings. The van der Waals surface area contributed by atoms with E-state index in [4.69, 9.17) is 0 Å². The molecule has 3 rings (SSSR count). The Morgan fingerprint density at radius 2 is 1.23 bits per heavy atom. The summed E-state index contributed by atoms with van der Waals surface area (Å²) >= 11 is 21.3. The fraction of sp³-hybridized carbons (Fsp3) is 0.778. The lowest BCUT2D eigenvalue weighted by Gasteiger charge is -2.39. The molecule has 0 radical (unpaired) electrons. The number of rotatable bonds is 8. The minimum atomic E-state index is 0.702. The Morgan fingerprint density at radius 1 is 0.846 bits per heavy atom. The van der Waals surface area contributed by atoms with Gasteiger partial charge >= 0.3 is 0 Å². The first-order chi connectivity index (χ1) is 12.7. The summed E-state index contributed by atoms with van der Waals surface area (Å²) in [4.78, 5) is 2.92. The molecule has 8 heteroatoms. The topological polar surface area (TPSA) is 0 Å². The minimum absolute atomic E-state index is 0.702. The van der Waals surface area contributed by atoms with Crippen molar-refractivity contribution >= 4 is 95.8 Å². The molecule has 1 aliphatic carbocycles. The van der Waals surface area contributed by atoms with Crippen molar-refractivity contribution in [2.24, 2.45) is 11.8 Å². The molecule has 2 aliphatic heterocycles. The molecule has 2 heterocycles. The van der Waals surface area contributed by atoms with E-state index in [9.17, 15) is 0 Å². The van der Waals surface area contributed by atoms with Crippen LogP contribution in [0, 0.1) is 11.8 Å². The summed E-state index contributed by atoms with van der Waals surface area (Å²) in [6.07, 6.45) is 10.3. The van der Waals surface area contributed by atoms with E-state index >= 15 is 0 Å². The van der Waals surface area contributed by atoms with Gasteiger partial charge in [0.2, 0.25) is 0 Å². The molecule has 0 bridgehead atoms. The van der Waals surface area contributed by atoms with Gasteiger partial charge in [-0.1, -0.05) is 0 Å². The molecule has 1 fully saturated rings. The molecule has 0 N–H and O–H groups in total. The Labute approximate surface area is 196 Å². The highest BCUT2D eigenvalue weighted by Gasteiger charge is 2.39. The van der Waals surface area contributed by atoms with E-state index in [0.29, 0.717) is 9.16 Å². The summed E-state index contributed by atoms with van der Waals surface area (Å²) in [5.41, 5.74) is 0. The standard InChI is InChI=1S/C18H28S8/c1-21-15(17-23-9-13(7-19)25-17)11-3-5-12(6-4-11)16(22-2)18-24-10-14(8-20)26-18/h9-12,15-20H,3-8H2,1-2H3. The van der Waals surface area contributed by atoms with Crippen molar-refractivity contribution in [1.29, 1.82) is 0 Å². The Morgan fingerprint density at radius 3 is 1.50 bits per heavy atom. The maximum absolute atomic E-state index is 4.46. The Kier molecular flexibility index (Phi) is 10.3. The molecule has 4 atom stereocenters. The predicted molar refractivity (Wildman–Crippen MR) is 142 cm³/mol. The predicted octanol–water partition coefficient (Wildman–Crippen LogP) is 7.41. The van der Waals surface area contributed by atoms with E-state index in [2.05, 4.69) is 95.6 Å². The smallest absolute Gasteiger partial charge is 0.0709 e. The number of thioether (sulfide) groups is 6. The van der Waals surface area contributed by atoms with Crippen LogP contribution in [0.1, 0.15) is 25.7 Å². The van der Waals surface area contributed by atoms with Gasteiger partial charge in [0.25, 0.3) is 0 Å². The van der Waals surface area contributed by atoms with Crippen molar-refractivity contribution in [3.8, 4) is 0 Å². The minimum Gasteiger partial charge on any atom is -0.174 e. The van der Waals surface area contributed by atoms with Gasteiger partial charge in [0.15, 0.2) is 0 Å². The third-order valence-electron chi connectivity index (χ3n) is 5.34. The summed E-state index contributed by atoms with van der Waals surface area (Å²) in [5, 5.41) is 6.25. The molecule has 0 amide bonds. The van der Waals surface area contributed by atoms with E-state index in [-0.39, 0.29) is 0 Å². The number of thiol groups is 2. The fourth-order valence-electron chi connectivity index (χ4n) is 3.99. The zero-order chi connectivity index (χ0) is 18.5. The second-order valence-corrected chi connectivity index (χ2v) is 14.6. The molecule has 4 unspecified atom stereocenters. The molecule has 0 nitrogen and oxygen atoms in total. The third-order valence-corrected chi connectivity index (χ3v) is 15.2. The van der Waals surface area contributed by atoms with Crippen LogP contribution in [0.15, 0.2) is 20.6 Å². The summed E-state index contributed by atoms with van der Waals surface area (Å²) in [6.45, 7) is 0. The van der Waals surface area contributed by atoms with Gasteiger partial charge in [0.1, 0.15) is 0 Å². The normalized spacial score (nSPS) is 34.5. The van der Waals surface area contributed by atoms with Gasteiger partial charge in [-0.05, 0) is 60.8 Å². The van der Waals surface area contributed by atoms with Crippen molar-refractivity contribution in [2.45, 2.75) is 45.3 Å². The summed E-state index contributed by atoms with van der Waals surface area (Å²) in [5.74, 6) is 3.57. The highest BCUT2D eigenvalue weighted by atomic mass is 32.2. The Hall–Kier alpha value is 2.28. The SMILES string of the molecule is CSC(C1CCC(C(SC)C2SC=C(CS)S2)CC1)C1SC=C(CS)S1. The van der Waals surface area contributed by atoms with Crippen LogP contribution in [0.2, 0.25) is 0 Å². The molecule has 0 saturated heterocycles. The average Bonchev–Trinajstić information content (AvgIpc) is 3.34. The van der Waals surface area contributed by atoms with Crippen LogP contribution in [-0.2, 0) is 0 Å². The van der Waals surface area contributed by atoms with Crippen molar-refractivity contribution < 1.29 is 0 Å². The van der Waals surface area contributed by atoms with Crippen molar-refractivity contribution in [3.05, 3.63) is 20.6 Å². The first kappa shape index (κ1) is 23.0. The van der Waals surface area contributed by atoms with E-state index in [0.717, 1.165) is 33.8 Å². The van der Waals surface area contributed by atoms with Crippen LogP contribution >= 0.6 is 95.8 Å². The Balaban J connectivity index is 1.51. The van der Waals surface area contributed by atoms with E-state index in [1.165, 1.54) is 35.5 Å². The van der Waals surface area contributed by atoms with Gasteiger partial charge in [0, 0.05) is 31.8 Å². The maximum atomic E-state index is 4.46. The van der Waals surface area contributed by atoms with Crippen LogP contribution < -0.4 is 0 Å². The van der Waals surface area contributed by atoms with Crippen LogP contribution in [0.25, 0.3) is 0 Å². The van der Waals surface area contributed by atoms with Crippen LogP contribution in [0.3, 0.4) is 0 Å². The maximum Gasteiger partial charge on any atom is 0.0709 e. The summed E-state index contributed by atoms with van der Waals surface area (Å²) in [7, 11) is 0. The molecule has 26 heavy (non-hydrogen) atoms. The molecule has 148 valence electrons. The zero-order valence-corrected chi connectivity index (χ0v) is 21.9. The van der Waals surface area contributed by atoms with Gasteiger partial charge in [-0.15, -0.1) is 47.0 Å². The van der Waals surface area contributed by atoms with Gasteiger partial charge in [-0.2, -0.15) is 48.8 Å². The number of hydrogen-bond acceptors (Lipinski definition) is 8. The number of hydrogen-bond donors (Lipinski definition) is 2.